The molecule has 0 atom stereocenters. The Hall–Kier alpha value is -1.37. The molecule has 0 saturated carbocycles. The number of sulfonamides is 1. The fourth-order valence-electron chi connectivity index (χ4n) is 2.87. The lowest BCUT2D eigenvalue weighted by atomic mass is 10.3. The lowest BCUT2D eigenvalue weighted by molar-refractivity contribution is 0.183. The quantitative estimate of drug-likeness (QED) is 0.681. The third-order valence-electron chi connectivity index (χ3n) is 4.15. The van der Waals surface area contributed by atoms with Gasteiger partial charge in [-0.3, -0.25) is 4.90 Å². The van der Waals surface area contributed by atoms with Gasteiger partial charge in [-0.05, 0) is 12.1 Å². The van der Waals surface area contributed by atoms with Crippen molar-refractivity contribution in [3.63, 3.8) is 0 Å². The maximum atomic E-state index is 13.0. The smallest absolute Gasteiger partial charge is 0.245 e. The summed E-state index contributed by atoms with van der Waals surface area (Å²) in [6.45, 7) is 2.98. The van der Waals surface area contributed by atoms with Crippen LogP contribution < -0.4 is 5.73 Å². The molecule has 2 aromatic rings. The van der Waals surface area contributed by atoms with Gasteiger partial charge in [0.05, 0.1) is 11.4 Å². The maximum absolute atomic E-state index is 13.0. The normalized spacial score (nSPS) is 17.5. The Labute approximate surface area is 165 Å². The van der Waals surface area contributed by atoms with Crippen LogP contribution in [0.2, 0.25) is 0 Å². The first-order valence-corrected chi connectivity index (χ1v) is 10.7. The molecule has 12 heteroatoms. The molecule has 140 valence electrons. The van der Waals surface area contributed by atoms with Crippen LogP contribution in [0.1, 0.15) is 4.88 Å². The van der Waals surface area contributed by atoms with E-state index < -0.39 is 10.0 Å². The van der Waals surface area contributed by atoms with Crippen molar-refractivity contribution in [1.82, 2.24) is 14.2 Å². The Kier molecular flexibility index (Phi) is 5.75. The number of hydrogen-bond donors (Lipinski definition) is 1. The van der Waals surface area contributed by atoms with E-state index in [4.69, 9.17) is 5.73 Å². The number of thiazole rings is 1. The predicted octanol–water partition coefficient (Wildman–Crippen LogP) is 2.38. The van der Waals surface area contributed by atoms with Gasteiger partial charge >= 0.3 is 0 Å². The van der Waals surface area contributed by atoms with E-state index in [2.05, 4.69) is 18.6 Å². The minimum absolute atomic E-state index is 0. The first-order chi connectivity index (χ1) is 12.0. The number of nitrogens with zero attached hydrogens (tertiary/aromatic N) is 5. The molecule has 2 aliphatic rings. The van der Waals surface area contributed by atoms with Crippen LogP contribution >= 0.6 is 23.7 Å². The largest absolute Gasteiger partial charge is 0.375 e. The minimum atomic E-state index is -3.57. The molecule has 1 aromatic heterocycles. The van der Waals surface area contributed by atoms with E-state index in [0.717, 1.165) is 22.8 Å². The summed E-state index contributed by atoms with van der Waals surface area (Å²) in [5, 5.41) is 0.557. The van der Waals surface area contributed by atoms with Crippen molar-refractivity contribution in [1.29, 1.82) is 0 Å². The second kappa shape index (κ2) is 7.71. The second-order valence-electron chi connectivity index (χ2n) is 5.73. The van der Waals surface area contributed by atoms with E-state index in [-0.39, 0.29) is 17.3 Å². The average Bonchev–Trinajstić information content (AvgIpc) is 3.23. The molecule has 1 aromatic carbocycles. The van der Waals surface area contributed by atoms with Gasteiger partial charge < -0.3 is 5.73 Å². The standard InChI is InChI=1S/C14H16N6O2S3.ClH/c15-14-16-8-10(23-14)9-19-4-6-20(7-5-19)25(21,22)12-3-1-2-11-13(12)18-24-17-11;/h1-3,8H,4-7,9H2,(H2,15,16);1H. The number of hydrogen-bond acceptors (Lipinski definition) is 8. The summed E-state index contributed by atoms with van der Waals surface area (Å²) >= 11 is 2.49. The Bertz CT molecular complexity index is 978. The molecule has 8 nitrogen and oxygen atoms in total. The Morgan fingerprint density at radius 3 is 2.62 bits per heavy atom. The van der Waals surface area contributed by atoms with E-state index in [0.29, 0.717) is 42.7 Å². The number of fused-ring (bicyclic) bond motifs is 1. The van der Waals surface area contributed by atoms with Crippen molar-refractivity contribution < 1.29 is 8.42 Å². The van der Waals surface area contributed by atoms with Crippen molar-refractivity contribution in [2.24, 2.45) is 8.73 Å². The third-order valence-corrected chi connectivity index (χ3v) is 7.43. The molecule has 2 N–H and O–H groups in total. The summed E-state index contributed by atoms with van der Waals surface area (Å²) in [4.78, 5) is 7.59. The summed E-state index contributed by atoms with van der Waals surface area (Å²) in [6.07, 6.45) is 1.78. The van der Waals surface area contributed by atoms with Crippen LogP contribution in [0.5, 0.6) is 0 Å². The Balaban J connectivity index is 0.00000196. The average molecular weight is 433 g/mol. The van der Waals surface area contributed by atoms with E-state index in [1.807, 2.05) is 0 Å². The molecule has 1 saturated heterocycles. The van der Waals surface area contributed by atoms with Gasteiger partial charge in [0.1, 0.15) is 16.3 Å². The van der Waals surface area contributed by atoms with Gasteiger partial charge in [0.2, 0.25) is 10.0 Å². The molecule has 1 fully saturated rings. The highest BCUT2D eigenvalue weighted by molar-refractivity contribution is 7.89. The van der Waals surface area contributed by atoms with Crippen LogP contribution in [0.15, 0.2) is 38.0 Å². The number of halogens is 1. The zero-order valence-corrected chi connectivity index (χ0v) is 16.9. The molecule has 0 unspecified atom stereocenters. The first kappa shape index (κ1) is 19.4. The van der Waals surface area contributed by atoms with Crippen LogP contribution in [0, 0.1) is 0 Å². The Morgan fingerprint density at radius 1 is 1.15 bits per heavy atom. The lowest BCUT2D eigenvalue weighted by Crippen LogP contribution is -2.48. The van der Waals surface area contributed by atoms with E-state index in [9.17, 15) is 8.42 Å². The second-order valence-corrected chi connectivity index (χ2v) is 9.31. The highest BCUT2D eigenvalue weighted by Crippen LogP contribution is 2.38. The van der Waals surface area contributed by atoms with Crippen molar-refractivity contribution >= 4 is 61.6 Å². The predicted molar refractivity (Wildman–Crippen MR) is 106 cm³/mol. The maximum Gasteiger partial charge on any atom is 0.245 e. The molecule has 0 bridgehead atoms. The summed E-state index contributed by atoms with van der Waals surface area (Å²) in [5.74, 6) is 0. The van der Waals surface area contributed by atoms with Crippen LogP contribution in [0.4, 0.5) is 16.5 Å². The fraction of sp³-hybridized carbons (Fsp3) is 0.357. The zero-order chi connectivity index (χ0) is 17.4. The molecular formula is C14H17ClN6O2S3. The van der Waals surface area contributed by atoms with Gasteiger partial charge in [-0.15, -0.1) is 23.7 Å². The summed E-state index contributed by atoms with van der Waals surface area (Å²) in [7, 11) is -3.57. The third kappa shape index (κ3) is 3.68. The van der Waals surface area contributed by atoms with Gasteiger partial charge in [0, 0.05) is 43.8 Å². The lowest BCUT2D eigenvalue weighted by Gasteiger charge is -2.33. The molecule has 26 heavy (non-hydrogen) atoms. The monoisotopic (exact) mass is 432 g/mol. The Morgan fingerprint density at radius 2 is 1.92 bits per heavy atom. The minimum Gasteiger partial charge on any atom is -0.375 e. The summed E-state index contributed by atoms with van der Waals surface area (Å²) < 4.78 is 35.8. The number of nitrogen functional groups attached to an aromatic ring is 1. The van der Waals surface area contributed by atoms with Gasteiger partial charge in [-0.1, -0.05) is 6.07 Å². The number of nitrogens with two attached hydrogens (primary N) is 1. The van der Waals surface area contributed by atoms with E-state index in [1.54, 1.807) is 24.4 Å². The zero-order valence-electron chi connectivity index (χ0n) is 13.6. The number of rotatable bonds is 4. The number of aromatic nitrogens is 1. The molecule has 0 spiro atoms. The van der Waals surface area contributed by atoms with Gasteiger partial charge in [-0.25, -0.2) is 13.4 Å². The van der Waals surface area contributed by atoms with Crippen molar-refractivity contribution in [2.75, 3.05) is 31.9 Å². The van der Waals surface area contributed by atoms with Crippen molar-refractivity contribution in [3.8, 4) is 0 Å². The highest BCUT2D eigenvalue weighted by atomic mass is 35.5. The van der Waals surface area contributed by atoms with Gasteiger partial charge in [0.25, 0.3) is 0 Å². The number of anilines is 1. The van der Waals surface area contributed by atoms with Gasteiger partial charge in [-0.2, -0.15) is 13.0 Å². The van der Waals surface area contributed by atoms with Crippen LogP contribution in [0.25, 0.3) is 0 Å². The molecule has 0 aliphatic carbocycles. The van der Waals surface area contributed by atoms with E-state index in [1.165, 1.54) is 15.6 Å². The first-order valence-electron chi connectivity index (χ1n) is 7.68. The summed E-state index contributed by atoms with van der Waals surface area (Å²) in [6, 6.07) is 5.09. The molecule has 2 aliphatic heterocycles. The molecule has 4 rings (SSSR count). The topological polar surface area (TPSA) is 104 Å². The number of piperazine rings is 1. The summed E-state index contributed by atoms with van der Waals surface area (Å²) in [5.41, 5.74) is 6.73. The molecule has 0 radical (unpaired) electrons. The van der Waals surface area contributed by atoms with Crippen LogP contribution in [-0.4, -0.2) is 48.8 Å². The van der Waals surface area contributed by atoms with Gasteiger partial charge in [0.15, 0.2) is 5.13 Å². The highest BCUT2D eigenvalue weighted by Gasteiger charge is 2.31. The number of benzene rings is 1. The SMILES string of the molecule is Cl.Nc1ncc(CN2CCN(S(=O)(=O)c3cccc4c3N=S=N4)CC2)s1. The van der Waals surface area contributed by atoms with E-state index >= 15 is 0 Å². The van der Waals surface area contributed by atoms with Crippen LogP contribution in [0.3, 0.4) is 0 Å². The molecular weight excluding hydrogens is 416 g/mol. The molecule has 3 heterocycles. The van der Waals surface area contributed by atoms with Crippen molar-refractivity contribution in [2.45, 2.75) is 11.4 Å². The van der Waals surface area contributed by atoms with Crippen LogP contribution in [-0.2, 0) is 27.9 Å². The molecule has 0 amide bonds. The van der Waals surface area contributed by atoms with Crippen molar-refractivity contribution in [3.05, 3.63) is 29.3 Å². The fourth-order valence-corrected chi connectivity index (χ4v) is 5.77.